The van der Waals surface area contributed by atoms with Crippen LogP contribution in [0.1, 0.15) is 49.4 Å². The Kier molecular flexibility index (Phi) is 4.34. The number of allylic oxidation sites excluding steroid dienone is 3. The van der Waals surface area contributed by atoms with Crippen molar-refractivity contribution in [1.29, 1.82) is 5.26 Å². The number of aromatic nitrogens is 1. The fraction of sp³-hybridized carbons (Fsp3) is 0.348. The van der Waals surface area contributed by atoms with Gasteiger partial charge in [0.1, 0.15) is 17.4 Å². The number of nitriles is 1. The molecule has 0 fully saturated rings. The Morgan fingerprint density at radius 2 is 1.97 bits per heavy atom. The molecule has 0 saturated heterocycles. The standard InChI is InChI=1S/C23H23N3O3/c1-12-5-6-14(7-13(12)2)18-8-16(26-29-18)20-15(11-24)22(25)28-19-10-23(3,4)9-17(27)21(19)20/h5-8,20H,9-10,25H2,1-4H3. The normalized spacial score (nSPS) is 20.9. The zero-order valence-corrected chi connectivity index (χ0v) is 17.0. The second kappa shape index (κ2) is 6.63. The van der Waals surface area contributed by atoms with Crippen molar-refractivity contribution in [3.8, 4) is 17.4 Å². The lowest BCUT2D eigenvalue weighted by atomic mass is 9.71. The van der Waals surface area contributed by atoms with Crippen molar-refractivity contribution >= 4 is 5.78 Å². The minimum absolute atomic E-state index is 0.0254. The molecule has 1 aliphatic heterocycles. The smallest absolute Gasteiger partial charge is 0.205 e. The SMILES string of the molecule is Cc1ccc(-c2cc(C3C(C#N)=C(N)OC4=C3C(=O)CC(C)(C)C4)no2)cc1C. The summed E-state index contributed by atoms with van der Waals surface area (Å²) < 4.78 is 11.3. The summed E-state index contributed by atoms with van der Waals surface area (Å²) in [5.41, 5.74) is 10.2. The summed E-state index contributed by atoms with van der Waals surface area (Å²) in [7, 11) is 0. The maximum absolute atomic E-state index is 13.0. The Hall–Kier alpha value is -3.33. The first-order valence-corrected chi connectivity index (χ1v) is 9.58. The van der Waals surface area contributed by atoms with E-state index in [4.69, 9.17) is 15.0 Å². The Morgan fingerprint density at radius 1 is 1.21 bits per heavy atom. The monoisotopic (exact) mass is 389 g/mol. The number of nitrogens with two attached hydrogens (primary N) is 1. The number of aryl methyl sites for hydroxylation is 2. The predicted octanol–water partition coefficient (Wildman–Crippen LogP) is 4.41. The van der Waals surface area contributed by atoms with Gasteiger partial charge in [-0.3, -0.25) is 4.79 Å². The summed E-state index contributed by atoms with van der Waals surface area (Å²) in [5, 5.41) is 13.9. The van der Waals surface area contributed by atoms with E-state index in [-0.39, 0.29) is 22.7 Å². The van der Waals surface area contributed by atoms with Gasteiger partial charge in [-0.25, -0.2) is 0 Å². The highest BCUT2D eigenvalue weighted by Crippen LogP contribution is 2.47. The minimum atomic E-state index is -0.670. The zero-order chi connectivity index (χ0) is 20.9. The van der Waals surface area contributed by atoms with Crippen LogP contribution in [0.2, 0.25) is 0 Å². The lowest BCUT2D eigenvalue weighted by molar-refractivity contribution is -0.119. The lowest BCUT2D eigenvalue weighted by Gasteiger charge is -2.36. The predicted molar refractivity (Wildman–Crippen MR) is 107 cm³/mol. The van der Waals surface area contributed by atoms with Crippen molar-refractivity contribution in [2.75, 3.05) is 0 Å². The largest absolute Gasteiger partial charge is 0.444 e. The first-order valence-electron chi connectivity index (χ1n) is 9.58. The van der Waals surface area contributed by atoms with Crippen LogP contribution in [0, 0.1) is 30.6 Å². The van der Waals surface area contributed by atoms with E-state index < -0.39 is 5.92 Å². The number of benzene rings is 1. The molecule has 0 saturated carbocycles. The number of hydrogen-bond acceptors (Lipinski definition) is 6. The molecular formula is C23H23N3O3. The van der Waals surface area contributed by atoms with Crippen LogP contribution in [0.15, 0.2) is 51.6 Å². The molecule has 2 aromatic rings. The summed E-state index contributed by atoms with van der Waals surface area (Å²) in [6.07, 6.45) is 0.956. The maximum Gasteiger partial charge on any atom is 0.205 e. The molecule has 1 aromatic carbocycles. The molecule has 0 radical (unpaired) electrons. The molecule has 2 heterocycles. The third-order valence-electron chi connectivity index (χ3n) is 5.69. The van der Waals surface area contributed by atoms with Crippen LogP contribution < -0.4 is 5.73 Å². The van der Waals surface area contributed by atoms with Gasteiger partial charge in [0, 0.05) is 30.0 Å². The fourth-order valence-corrected chi connectivity index (χ4v) is 4.04. The van der Waals surface area contributed by atoms with Crippen LogP contribution in [-0.2, 0) is 9.53 Å². The van der Waals surface area contributed by atoms with Crippen LogP contribution in [0.5, 0.6) is 0 Å². The van der Waals surface area contributed by atoms with Gasteiger partial charge in [0.25, 0.3) is 0 Å². The molecule has 29 heavy (non-hydrogen) atoms. The van der Waals surface area contributed by atoms with Gasteiger partial charge in [0.15, 0.2) is 11.5 Å². The molecule has 0 spiro atoms. The molecule has 6 nitrogen and oxygen atoms in total. The Morgan fingerprint density at radius 3 is 2.66 bits per heavy atom. The summed E-state index contributed by atoms with van der Waals surface area (Å²) in [6.45, 7) is 8.11. The van der Waals surface area contributed by atoms with E-state index in [1.807, 2.05) is 45.9 Å². The van der Waals surface area contributed by atoms with Crippen LogP contribution in [0.3, 0.4) is 0 Å². The maximum atomic E-state index is 13.0. The third kappa shape index (κ3) is 3.23. The number of nitrogens with zero attached hydrogens (tertiary/aromatic N) is 2. The Bertz CT molecular complexity index is 1130. The van der Waals surface area contributed by atoms with Crippen LogP contribution in [0.4, 0.5) is 0 Å². The average Bonchev–Trinajstić information content (AvgIpc) is 3.11. The first-order chi connectivity index (χ1) is 13.7. The van der Waals surface area contributed by atoms with Crippen LogP contribution in [-0.4, -0.2) is 10.9 Å². The third-order valence-corrected chi connectivity index (χ3v) is 5.69. The second-order valence-corrected chi connectivity index (χ2v) is 8.62. The van der Waals surface area contributed by atoms with Crippen LogP contribution in [0.25, 0.3) is 11.3 Å². The van der Waals surface area contributed by atoms with E-state index in [1.165, 1.54) is 5.56 Å². The van der Waals surface area contributed by atoms with Gasteiger partial charge in [-0.05, 0) is 36.5 Å². The van der Waals surface area contributed by atoms with E-state index in [1.54, 1.807) is 6.07 Å². The van der Waals surface area contributed by atoms with E-state index in [9.17, 15) is 10.1 Å². The highest BCUT2D eigenvalue weighted by Gasteiger charge is 2.44. The molecule has 2 N–H and O–H groups in total. The summed E-state index contributed by atoms with van der Waals surface area (Å²) in [6, 6.07) is 9.89. The van der Waals surface area contributed by atoms with Crippen molar-refractivity contribution in [2.24, 2.45) is 11.1 Å². The molecule has 4 rings (SSSR count). The van der Waals surface area contributed by atoms with E-state index in [0.29, 0.717) is 35.6 Å². The van der Waals surface area contributed by atoms with Crippen LogP contribution >= 0.6 is 0 Å². The quantitative estimate of drug-likeness (QED) is 0.816. The van der Waals surface area contributed by atoms with E-state index in [0.717, 1.165) is 11.1 Å². The summed E-state index contributed by atoms with van der Waals surface area (Å²) in [4.78, 5) is 13.0. The molecule has 1 aliphatic carbocycles. The highest BCUT2D eigenvalue weighted by atomic mass is 16.5. The highest BCUT2D eigenvalue weighted by molar-refractivity contribution is 6.00. The minimum Gasteiger partial charge on any atom is -0.444 e. The van der Waals surface area contributed by atoms with Gasteiger partial charge in [-0.15, -0.1) is 0 Å². The lowest BCUT2D eigenvalue weighted by Crippen LogP contribution is -2.33. The van der Waals surface area contributed by atoms with Gasteiger partial charge in [-0.1, -0.05) is 31.1 Å². The second-order valence-electron chi connectivity index (χ2n) is 8.62. The molecule has 1 aromatic heterocycles. The van der Waals surface area contributed by atoms with E-state index in [2.05, 4.69) is 11.2 Å². The van der Waals surface area contributed by atoms with Crippen molar-refractivity contribution in [2.45, 2.75) is 46.5 Å². The Balaban J connectivity index is 1.81. The average molecular weight is 389 g/mol. The number of Topliss-reactive ketones (excluding diaryl/α,β-unsaturated/α-hetero) is 1. The van der Waals surface area contributed by atoms with Crippen molar-refractivity contribution in [3.63, 3.8) is 0 Å². The number of hydrogen-bond donors (Lipinski definition) is 1. The number of ether oxygens (including phenoxy) is 1. The van der Waals surface area contributed by atoms with Gasteiger partial charge in [0.05, 0.1) is 11.6 Å². The van der Waals surface area contributed by atoms with Gasteiger partial charge >= 0.3 is 0 Å². The summed E-state index contributed by atoms with van der Waals surface area (Å²) >= 11 is 0. The molecule has 1 atom stereocenters. The van der Waals surface area contributed by atoms with Crippen molar-refractivity contribution in [1.82, 2.24) is 5.16 Å². The molecular weight excluding hydrogens is 366 g/mol. The molecule has 0 bridgehead atoms. The molecule has 0 amide bonds. The van der Waals surface area contributed by atoms with Gasteiger partial charge < -0.3 is 15.0 Å². The van der Waals surface area contributed by atoms with Crippen molar-refractivity contribution < 1.29 is 14.1 Å². The zero-order valence-electron chi connectivity index (χ0n) is 17.0. The number of carbonyl (C=O) groups is 1. The topological polar surface area (TPSA) is 102 Å². The van der Waals surface area contributed by atoms with Gasteiger partial charge in [-0.2, -0.15) is 5.26 Å². The first kappa shape index (κ1) is 19.0. The van der Waals surface area contributed by atoms with Gasteiger partial charge in [0.2, 0.25) is 5.88 Å². The molecule has 1 unspecified atom stereocenters. The number of rotatable bonds is 2. The number of ketones is 1. The molecule has 148 valence electrons. The molecule has 6 heteroatoms. The summed E-state index contributed by atoms with van der Waals surface area (Å²) in [5.74, 6) is 0.422. The number of carbonyl (C=O) groups excluding carboxylic acids is 1. The van der Waals surface area contributed by atoms with E-state index >= 15 is 0 Å². The molecule has 2 aliphatic rings. The van der Waals surface area contributed by atoms with Crippen molar-refractivity contribution in [3.05, 3.63) is 63.9 Å². The Labute approximate surface area is 169 Å². The fourth-order valence-electron chi connectivity index (χ4n) is 4.04.